The molecule has 0 aliphatic carbocycles. The number of rotatable bonds is 5. The van der Waals surface area contributed by atoms with Crippen LogP contribution >= 0.6 is 0 Å². The molecule has 2 bridgehead atoms. The van der Waals surface area contributed by atoms with Crippen LogP contribution < -0.4 is 20.5 Å². The average molecular weight is 527 g/mol. The molecular weight excluding hydrogens is 488 g/mol. The molecule has 0 spiro atoms. The maximum Gasteiger partial charge on any atom is 0.236 e. The van der Waals surface area contributed by atoms with Gasteiger partial charge in [-0.25, -0.2) is 0 Å². The Kier molecular flexibility index (Phi) is 6.50. The number of hydrogen-bond acceptors (Lipinski definition) is 9. The zero-order chi connectivity index (χ0) is 27.7. The first-order valence-corrected chi connectivity index (χ1v) is 13.0. The Morgan fingerprint density at radius 2 is 1.71 bits per heavy atom. The number of aliphatic hydroxyl groups is 1. The molecule has 2 aromatic rings. The van der Waals surface area contributed by atoms with Crippen molar-refractivity contribution < 1.29 is 29.6 Å². The number of nitrogens with zero attached hydrogens (tertiary/aromatic N) is 2. The number of phenolic OH excluding ortho intramolecular Hbond substituents is 2. The maximum atomic E-state index is 12.6. The summed E-state index contributed by atoms with van der Waals surface area (Å²) in [5, 5.41) is 38.1. The van der Waals surface area contributed by atoms with Gasteiger partial charge in [-0.1, -0.05) is 12.1 Å². The molecule has 0 aromatic heterocycles. The van der Waals surface area contributed by atoms with E-state index in [1.165, 1.54) is 7.11 Å². The van der Waals surface area contributed by atoms with E-state index in [1.807, 2.05) is 37.9 Å². The summed E-state index contributed by atoms with van der Waals surface area (Å²) in [5.74, 6) is 0.577. The Morgan fingerprint density at radius 1 is 1.13 bits per heavy atom. The quantitative estimate of drug-likeness (QED) is 0.391. The van der Waals surface area contributed by atoms with Gasteiger partial charge in [-0.3, -0.25) is 14.6 Å². The Hall–Kier alpha value is -3.05. The van der Waals surface area contributed by atoms with Crippen molar-refractivity contribution >= 4 is 5.91 Å². The second-order valence-electron chi connectivity index (χ2n) is 11.0. The van der Waals surface area contributed by atoms with Gasteiger partial charge in [0.15, 0.2) is 23.0 Å². The van der Waals surface area contributed by atoms with Gasteiger partial charge in [0.1, 0.15) is 5.72 Å². The first kappa shape index (κ1) is 26.6. The number of nitrogens with one attached hydrogen (secondary N) is 1. The van der Waals surface area contributed by atoms with Crippen LogP contribution in [0, 0.1) is 13.8 Å². The average Bonchev–Trinajstić information content (AvgIpc) is 3.01. The van der Waals surface area contributed by atoms with E-state index in [9.17, 15) is 20.1 Å². The smallest absolute Gasteiger partial charge is 0.236 e. The molecule has 4 aliphatic rings. The minimum Gasteiger partial charge on any atom is -0.504 e. The molecule has 0 saturated carbocycles. The summed E-state index contributed by atoms with van der Waals surface area (Å²) in [6, 6.07) is 2.17. The summed E-state index contributed by atoms with van der Waals surface area (Å²) in [7, 11) is 5.00. The molecule has 0 radical (unpaired) electrons. The van der Waals surface area contributed by atoms with Crippen LogP contribution in [-0.4, -0.2) is 83.2 Å². The number of carbonyl (C=O) groups is 1. The van der Waals surface area contributed by atoms with Crippen molar-refractivity contribution in [2.45, 2.75) is 63.5 Å². The third-order valence-corrected chi connectivity index (χ3v) is 8.47. The van der Waals surface area contributed by atoms with Crippen LogP contribution in [0.1, 0.15) is 52.4 Å². The van der Waals surface area contributed by atoms with Gasteiger partial charge in [0.25, 0.3) is 0 Å². The number of amides is 1. The van der Waals surface area contributed by atoms with Gasteiger partial charge >= 0.3 is 0 Å². The number of aromatic hydroxyl groups is 2. The summed E-state index contributed by atoms with van der Waals surface area (Å²) in [4.78, 5) is 16.7. The predicted molar refractivity (Wildman–Crippen MR) is 142 cm³/mol. The number of fused-ring (bicyclic) bond motifs is 2. The first-order valence-electron chi connectivity index (χ1n) is 13.0. The number of phenols is 2. The molecule has 38 heavy (non-hydrogen) atoms. The van der Waals surface area contributed by atoms with Crippen molar-refractivity contribution in [3.05, 3.63) is 45.5 Å². The third-order valence-electron chi connectivity index (χ3n) is 8.47. The summed E-state index contributed by atoms with van der Waals surface area (Å²) in [6.45, 7) is 5.81. The number of nitrogens with two attached hydrogens (primary N) is 1. The zero-order valence-electron chi connectivity index (χ0n) is 22.8. The zero-order valence-corrected chi connectivity index (χ0v) is 22.8. The standard InChI is InChI=1S/C28H38N4O6/c1-13-7-16-9-18-22-21-17(8-14(2)26(38-6)24(21)34)10-28(36,12-31(22)4)32(18)19(11-30-27(35)15(3)29)20(16)23(33)25(13)37-5/h7-8,15,18-19,22,33-34,36H,9-12,29H2,1-6H3,(H,30,35). The van der Waals surface area contributed by atoms with E-state index in [0.29, 0.717) is 30.0 Å². The van der Waals surface area contributed by atoms with Crippen LogP contribution in [0.4, 0.5) is 0 Å². The summed E-state index contributed by atoms with van der Waals surface area (Å²) in [5.41, 5.74) is 9.20. The van der Waals surface area contributed by atoms with E-state index >= 15 is 0 Å². The third kappa shape index (κ3) is 3.81. The second kappa shape index (κ2) is 9.30. The van der Waals surface area contributed by atoms with E-state index in [0.717, 1.165) is 27.8 Å². The highest BCUT2D eigenvalue weighted by atomic mass is 16.5. The molecule has 10 heteroatoms. The van der Waals surface area contributed by atoms with Crippen molar-refractivity contribution in [1.29, 1.82) is 0 Å². The Bertz CT molecular complexity index is 1300. The van der Waals surface area contributed by atoms with Crippen LogP contribution in [-0.2, 0) is 17.6 Å². The Balaban J connectivity index is 1.73. The van der Waals surface area contributed by atoms with Gasteiger partial charge < -0.3 is 35.8 Å². The Labute approximate surface area is 222 Å². The van der Waals surface area contributed by atoms with E-state index in [2.05, 4.69) is 10.2 Å². The number of likely N-dealkylation sites (N-methyl/N-ethyl adjacent to an activating group) is 1. The lowest BCUT2D eigenvalue weighted by Crippen LogP contribution is -2.69. The summed E-state index contributed by atoms with van der Waals surface area (Å²) >= 11 is 0. The minimum atomic E-state index is -1.35. The SMILES string of the molecule is COc1c(C)cc2c(c1O)C1C3Cc4cc(C)c(OC)c(O)c4C(CNC(=O)C(C)N)N3C(O)(C2)CN1C. The molecule has 5 atom stereocenters. The van der Waals surface area contributed by atoms with Gasteiger partial charge in [-0.15, -0.1) is 0 Å². The predicted octanol–water partition coefficient (Wildman–Crippen LogP) is 1.39. The lowest BCUT2D eigenvalue weighted by atomic mass is 9.79. The molecule has 206 valence electrons. The molecule has 4 heterocycles. The van der Waals surface area contributed by atoms with E-state index in [1.54, 1.807) is 14.0 Å². The van der Waals surface area contributed by atoms with E-state index in [4.69, 9.17) is 15.2 Å². The van der Waals surface area contributed by atoms with Crippen molar-refractivity contribution in [1.82, 2.24) is 15.1 Å². The molecule has 1 saturated heterocycles. The number of aryl methyl sites for hydroxylation is 2. The van der Waals surface area contributed by atoms with Gasteiger partial charge in [0.05, 0.1) is 32.3 Å². The van der Waals surface area contributed by atoms with Crippen molar-refractivity contribution in [3.8, 4) is 23.0 Å². The second-order valence-corrected chi connectivity index (χ2v) is 11.0. The van der Waals surface area contributed by atoms with Crippen molar-refractivity contribution in [3.63, 3.8) is 0 Å². The monoisotopic (exact) mass is 526 g/mol. The Morgan fingerprint density at radius 3 is 2.29 bits per heavy atom. The molecule has 6 N–H and O–H groups in total. The van der Waals surface area contributed by atoms with Gasteiger partial charge in [0.2, 0.25) is 5.91 Å². The van der Waals surface area contributed by atoms with Crippen LogP contribution in [0.2, 0.25) is 0 Å². The number of piperazine rings is 1. The normalized spacial score (nSPS) is 27.1. The fourth-order valence-electron chi connectivity index (χ4n) is 7.12. The molecule has 6 rings (SSSR count). The summed E-state index contributed by atoms with van der Waals surface area (Å²) in [6.07, 6.45) is 0.771. The fraction of sp³-hybridized carbons (Fsp3) is 0.536. The van der Waals surface area contributed by atoms with Gasteiger partial charge in [0, 0.05) is 36.7 Å². The van der Waals surface area contributed by atoms with Crippen LogP contribution in [0.15, 0.2) is 12.1 Å². The molecule has 2 aromatic carbocycles. The van der Waals surface area contributed by atoms with Gasteiger partial charge in [-0.2, -0.15) is 0 Å². The molecular formula is C28H38N4O6. The molecule has 5 unspecified atom stereocenters. The van der Waals surface area contributed by atoms with Gasteiger partial charge in [-0.05, 0) is 56.5 Å². The number of ether oxygens (including phenoxy) is 2. The highest BCUT2D eigenvalue weighted by Gasteiger charge is 2.58. The highest BCUT2D eigenvalue weighted by molar-refractivity contribution is 5.81. The molecule has 1 fully saturated rings. The van der Waals surface area contributed by atoms with E-state index in [-0.39, 0.29) is 42.5 Å². The van der Waals surface area contributed by atoms with Crippen LogP contribution in [0.5, 0.6) is 23.0 Å². The molecule has 10 nitrogen and oxygen atoms in total. The molecule has 1 amide bonds. The van der Waals surface area contributed by atoms with Crippen LogP contribution in [0.25, 0.3) is 0 Å². The summed E-state index contributed by atoms with van der Waals surface area (Å²) < 4.78 is 11.1. The number of methoxy groups -OCH3 is 2. The largest absolute Gasteiger partial charge is 0.504 e. The lowest BCUT2D eigenvalue weighted by molar-refractivity contribution is -0.205. The topological polar surface area (TPSA) is 141 Å². The number of benzene rings is 2. The fourth-order valence-corrected chi connectivity index (χ4v) is 7.12. The van der Waals surface area contributed by atoms with Crippen molar-refractivity contribution in [2.24, 2.45) is 5.73 Å². The number of hydrogen-bond donors (Lipinski definition) is 5. The van der Waals surface area contributed by atoms with Crippen LogP contribution in [0.3, 0.4) is 0 Å². The molecule has 4 aliphatic heterocycles. The highest BCUT2D eigenvalue weighted by Crippen LogP contribution is 2.56. The first-order chi connectivity index (χ1) is 17.9. The number of carbonyl (C=O) groups excluding carboxylic acids is 1. The maximum absolute atomic E-state index is 12.6. The lowest BCUT2D eigenvalue weighted by Gasteiger charge is -2.58. The minimum absolute atomic E-state index is 0.0101. The van der Waals surface area contributed by atoms with E-state index < -0.39 is 17.8 Å². The van der Waals surface area contributed by atoms with Crippen molar-refractivity contribution in [2.75, 3.05) is 34.4 Å².